The fourth-order valence-electron chi connectivity index (χ4n) is 3.04. The number of halogens is 2. The van der Waals surface area contributed by atoms with Crippen molar-refractivity contribution in [2.24, 2.45) is 0 Å². The second-order valence-corrected chi connectivity index (χ2v) is 9.41. The molecular weight excluding hydrogens is 480 g/mol. The Labute approximate surface area is 198 Å². The van der Waals surface area contributed by atoms with Gasteiger partial charge < -0.3 is 15.0 Å². The summed E-state index contributed by atoms with van der Waals surface area (Å²) in [4.78, 5) is 27.2. The summed E-state index contributed by atoms with van der Waals surface area (Å²) in [6, 6.07) is 12.4. The van der Waals surface area contributed by atoms with E-state index < -0.39 is 6.04 Å². The average Bonchev–Trinajstić information content (AvgIpc) is 2.69. The first-order valence-corrected chi connectivity index (χ1v) is 11.5. The Morgan fingerprint density at radius 3 is 2.39 bits per heavy atom. The lowest BCUT2D eigenvalue weighted by Gasteiger charge is -2.29. The van der Waals surface area contributed by atoms with Crippen LogP contribution in [0.15, 0.2) is 46.9 Å². The van der Waals surface area contributed by atoms with Gasteiger partial charge in [0.15, 0.2) is 6.61 Å². The number of hydrogen-bond donors (Lipinski definition) is 1. The normalized spacial score (nSPS) is 12.0. The number of carbonyl (C=O) groups excluding carboxylic acids is 2. The van der Waals surface area contributed by atoms with Crippen LogP contribution in [0.25, 0.3) is 0 Å². The molecule has 0 aliphatic heterocycles. The van der Waals surface area contributed by atoms with Crippen molar-refractivity contribution in [2.45, 2.75) is 59.2 Å². The Bertz CT molecular complexity index is 917. The molecule has 0 heterocycles. The number of amides is 2. The number of rotatable bonds is 9. The largest absolute Gasteiger partial charge is 0.483 e. The zero-order valence-corrected chi connectivity index (χ0v) is 21.0. The van der Waals surface area contributed by atoms with Crippen LogP contribution in [0, 0.1) is 0 Å². The molecule has 2 rings (SSSR count). The van der Waals surface area contributed by atoms with Crippen molar-refractivity contribution in [3.05, 3.63) is 63.1 Å². The number of benzene rings is 2. The fourth-order valence-corrected chi connectivity index (χ4v) is 3.76. The van der Waals surface area contributed by atoms with E-state index in [1.807, 2.05) is 44.2 Å². The molecule has 31 heavy (non-hydrogen) atoms. The second kappa shape index (κ2) is 11.5. The van der Waals surface area contributed by atoms with Crippen molar-refractivity contribution in [1.29, 1.82) is 0 Å². The predicted octanol–water partition coefficient (Wildman–Crippen LogP) is 5.55. The summed E-state index contributed by atoms with van der Waals surface area (Å²) < 4.78 is 6.58. The van der Waals surface area contributed by atoms with Crippen LogP contribution >= 0.6 is 27.5 Å². The van der Waals surface area contributed by atoms with Crippen LogP contribution in [0.3, 0.4) is 0 Å². The lowest BCUT2D eigenvalue weighted by molar-refractivity contribution is -0.142. The smallest absolute Gasteiger partial charge is 0.261 e. The molecule has 7 heteroatoms. The van der Waals surface area contributed by atoms with E-state index in [9.17, 15) is 9.59 Å². The lowest BCUT2D eigenvalue weighted by atomic mass is 10.0. The van der Waals surface area contributed by atoms with Crippen molar-refractivity contribution in [1.82, 2.24) is 10.2 Å². The summed E-state index contributed by atoms with van der Waals surface area (Å²) >= 11 is 9.61. The van der Waals surface area contributed by atoms with Gasteiger partial charge in [0.2, 0.25) is 5.91 Å². The van der Waals surface area contributed by atoms with E-state index in [0.717, 1.165) is 10.0 Å². The lowest BCUT2D eigenvalue weighted by Crippen LogP contribution is -2.50. The Hall–Kier alpha value is -2.05. The first-order chi connectivity index (χ1) is 14.6. The molecule has 0 saturated heterocycles. The van der Waals surface area contributed by atoms with Crippen LogP contribution < -0.4 is 10.1 Å². The standard InChI is InChI=1S/C24H30BrClN2O3/c1-15(2)19-9-10-22(21(25)12-19)31-14-23(29)28(17(5)24(30)27-16(3)4)13-18-7-6-8-20(26)11-18/h6-12,15-17H,13-14H2,1-5H3,(H,27,30)/t17-/m0/s1. The van der Waals surface area contributed by atoms with Gasteiger partial charge in [-0.1, -0.05) is 43.6 Å². The van der Waals surface area contributed by atoms with Gasteiger partial charge in [-0.25, -0.2) is 0 Å². The van der Waals surface area contributed by atoms with Gasteiger partial charge in [-0.2, -0.15) is 0 Å². The molecule has 1 atom stereocenters. The maximum absolute atomic E-state index is 13.1. The molecule has 0 bridgehead atoms. The topological polar surface area (TPSA) is 58.6 Å². The fraction of sp³-hybridized carbons (Fsp3) is 0.417. The van der Waals surface area contributed by atoms with Crippen LogP contribution in [0.4, 0.5) is 0 Å². The third kappa shape index (κ3) is 7.54. The van der Waals surface area contributed by atoms with Gasteiger partial charge in [0.1, 0.15) is 11.8 Å². The van der Waals surface area contributed by atoms with E-state index in [2.05, 4.69) is 35.1 Å². The van der Waals surface area contributed by atoms with Crippen LogP contribution in [0.5, 0.6) is 5.75 Å². The van der Waals surface area contributed by atoms with Crippen LogP contribution in [-0.2, 0) is 16.1 Å². The Kier molecular flexibility index (Phi) is 9.38. The van der Waals surface area contributed by atoms with E-state index in [4.69, 9.17) is 16.3 Å². The van der Waals surface area contributed by atoms with Crippen LogP contribution in [0.1, 0.15) is 51.7 Å². The summed E-state index contributed by atoms with van der Waals surface area (Å²) in [6.45, 7) is 9.78. The number of ether oxygens (including phenoxy) is 1. The van der Waals surface area contributed by atoms with Crippen molar-refractivity contribution < 1.29 is 14.3 Å². The summed E-state index contributed by atoms with van der Waals surface area (Å²) in [5.74, 6) is 0.472. The molecule has 0 aliphatic rings. The van der Waals surface area contributed by atoms with Gasteiger partial charge in [-0.15, -0.1) is 0 Å². The predicted molar refractivity (Wildman–Crippen MR) is 128 cm³/mol. The zero-order valence-electron chi connectivity index (χ0n) is 18.6. The van der Waals surface area contributed by atoms with Crippen molar-refractivity contribution in [3.63, 3.8) is 0 Å². The highest BCUT2D eigenvalue weighted by Crippen LogP contribution is 2.29. The van der Waals surface area contributed by atoms with Gasteiger partial charge in [0, 0.05) is 17.6 Å². The molecule has 0 aromatic heterocycles. The highest BCUT2D eigenvalue weighted by Gasteiger charge is 2.27. The Balaban J connectivity index is 2.18. The zero-order chi connectivity index (χ0) is 23.1. The van der Waals surface area contributed by atoms with Crippen LogP contribution in [-0.4, -0.2) is 35.4 Å². The monoisotopic (exact) mass is 508 g/mol. The Morgan fingerprint density at radius 1 is 1.10 bits per heavy atom. The number of hydrogen-bond acceptors (Lipinski definition) is 3. The molecule has 2 amide bonds. The minimum atomic E-state index is -0.663. The van der Waals surface area contributed by atoms with Gasteiger partial charge in [-0.05, 0) is 78.0 Å². The van der Waals surface area contributed by atoms with Gasteiger partial charge in [0.25, 0.3) is 5.91 Å². The molecule has 2 aromatic carbocycles. The third-order valence-electron chi connectivity index (χ3n) is 4.81. The summed E-state index contributed by atoms with van der Waals surface area (Å²) in [6.07, 6.45) is 0. The van der Waals surface area contributed by atoms with Gasteiger partial charge in [-0.3, -0.25) is 9.59 Å². The summed E-state index contributed by atoms with van der Waals surface area (Å²) in [5.41, 5.74) is 2.01. The quantitative estimate of drug-likeness (QED) is 0.482. The van der Waals surface area contributed by atoms with E-state index >= 15 is 0 Å². The highest BCUT2D eigenvalue weighted by molar-refractivity contribution is 9.10. The average molecular weight is 510 g/mol. The minimum Gasteiger partial charge on any atom is -0.483 e. The Morgan fingerprint density at radius 2 is 1.81 bits per heavy atom. The third-order valence-corrected chi connectivity index (χ3v) is 5.67. The summed E-state index contributed by atoms with van der Waals surface area (Å²) in [5, 5.41) is 3.45. The first-order valence-electron chi connectivity index (χ1n) is 10.3. The number of carbonyl (C=O) groups is 2. The minimum absolute atomic E-state index is 0.0234. The van der Waals surface area contributed by atoms with E-state index in [1.54, 1.807) is 19.1 Å². The molecule has 0 unspecified atom stereocenters. The van der Waals surface area contributed by atoms with Crippen molar-refractivity contribution >= 4 is 39.3 Å². The van der Waals surface area contributed by atoms with Crippen molar-refractivity contribution in [2.75, 3.05) is 6.61 Å². The van der Waals surface area contributed by atoms with Gasteiger partial charge >= 0.3 is 0 Å². The number of nitrogens with zero attached hydrogens (tertiary/aromatic N) is 1. The molecular formula is C24H30BrClN2O3. The molecule has 0 fully saturated rings. The molecule has 2 aromatic rings. The second-order valence-electron chi connectivity index (χ2n) is 8.12. The molecule has 0 saturated carbocycles. The summed E-state index contributed by atoms with van der Waals surface area (Å²) in [7, 11) is 0. The maximum Gasteiger partial charge on any atom is 0.261 e. The molecule has 0 aliphatic carbocycles. The van der Waals surface area contributed by atoms with E-state index in [0.29, 0.717) is 16.7 Å². The van der Waals surface area contributed by atoms with E-state index in [1.165, 1.54) is 10.5 Å². The molecule has 5 nitrogen and oxygen atoms in total. The molecule has 0 spiro atoms. The first kappa shape index (κ1) is 25.2. The van der Waals surface area contributed by atoms with Crippen molar-refractivity contribution in [3.8, 4) is 5.75 Å². The van der Waals surface area contributed by atoms with E-state index in [-0.39, 0.29) is 31.0 Å². The molecule has 1 N–H and O–H groups in total. The van der Waals surface area contributed by atoms with Crippen LogP contribution in [0.2, 0.25) is 5.02 Å². The van der Waals surface area contributed by atoms with Gasteiger partial charge in [0.05, 0.1) is 4.47 Å². The maximum atomic E-state index is 13.1. The number of nitrogens with one attached hydrogen (secondary N) is 1. The SMILES string of the molecule is CC(C)NC(=O)[C@H](C)N(Cc1cccc(Cl)c1)C(=O)COc1ccc(C(C)C)cc1Br. The highest BCUT2D eigenvalue weighted by atomic mass is 79.9. The molecule has 168 valence electrons. The molecule has 0 radical (unpaired) electrons.